The van der Waals surface area contributed by atoms with Crippen LogP contribution >= 0.6 is 23.2 Å². The van der Waals surface area contributed by atoms with Gasteiger partial charge in [0, 0.05) is 13.5 Å². The quantitative estimate of drug-likeness (QED) is 0.893. The summed E-state index contributed by atoms with van der Waals surface area (Å²) in [6, 6.07) is 15.0. The first kappa shape index (κ1) is 15.3. The molecule has 0 spiro atoms. The predicted molar refractivity (Wildman–Crippen MR) is 82.4 cm³/mol. The van der Waals surface area contributed by atoms with E-state index in [4.69, 9.17) is 27.9 Å². The lowest BCUT2D eigenvalue weighted by Gasteiger charge is -2.22. The van der Waals surface area contributed by atoms with Crippen LogP contribution in [-0.4, -0.2) is 18.3 Å². The molecule has 1 N–H and O–H groups in total. The van der Waals surface area contributed by atoms with Crippen LogP contribution < -0.4 is 0 Å². The summed E-state index contributed by atoms with van der Waals surface area (Å²) in [5.74, 6) is 0. The van der Waals surface area contributed by atoms with Gasteiger partial charge < -0.3 is 9.84 Å². The molecule has 20 heavy (non-hydrogen) atoms. The molecule has 0 aliphatic rings. The molecule has 0 heterocycles. The minimum absolute atomic E-state index is 0.370. The second-order valence-electron chi connectivity index (χ2n) is 4.59. The van der Waals surface area contributed by atoms with Crippen LogP contribution in [0.1, 0.15) is 17.2 Å². The summed E-state index contributed by atoms with van der Waals surface area (Å²) in [5.41, 5.74) is 1.87. The topological polar surface area (TPSA) is 29.5 Å². The van der Waals surface area contributed by atoms with E-state index in [1.807, 2.05) is 36.4 Å². The van der Waals surface area contributed by atoms with Gasteiger partial charge in [-0.15, -0.1) is 0 Å². The summed E-state index contributed by atoms with van der Waals surface area (Å²) < 4.78 is 5.42. The van der Waals surface area contributed by atoms with Crippen molar-refractivity contribution >= 4 is 23.2 Å². The van der Waals surface area contributed by atoms with E-state index < -0.39 is 6.10 Å². The van der Waals surface area contributed by atoms with Crippen LogP contribution in [0.4, 0.5) is 0 Å². The predicted octanol–water partition coefficient (Wildman–Crippen LogP) is 4.28. The molecule has 0 saturated carbocycles. The number of aliphatic hydroxyl groups excluding tert-OH is 1. The Labute approximate surface area is 128 Å². The van der Waals surface area contributed by atoms with E-state index in [1.54, 1.807) is 19.2 Å². The Morgan fingerprint density at radius 3 is 2.35 bits per heavy atom. The highest BCUT2D eigenvalue weighted by molar-refractivity contribution is 6.42. The van der Waals surface area contributed by atoms with E-state index in [-0.39, 0.29) is 6.10 Å². The number of hydrogen-bond donors (Lipinski definition) is 1. The monoisotopic (exact) mass is 310 g/mol. The van der Waals surface area contributed by atoms with Gasteiger partial charge in [0.15, 0.2) is 0 Å². The highest BCUT2D eigenvalue weighted by Crippen LogP contribution is 2.26. The smallest absolute Gasteiger partial charge is 0.108 e. The van der Waals surface area contributed by atoms with E-state index in [9.17, 15) is 5.11 Å². The Kier molecular flexibility index (Phi) is 5.44. The van der Waals surface area contributed by atoms with Gasteiger partial charge in [-0.25, -0.2) is 0 Å². The highest BCUT2D eigenvalue weighted by atomic mass is 35.5. The maximum atomic E-state index is 10.4. The zero-order valence-corrected chi connectivity index (χ0v) is 12.6. The summed E-state index contributed by atoms with van der Waals surface area (Å²) >= 11 is 11.9. The van der Waals surface area contributed by atoms with Crippen LogP contribution in [0.3, 0.4) is 0 Å². The summed E-state index contributed by atoms with van der Waals surface area (Å²) in [7, 11) is 1.59. The third-order valence-corrected chi connectivity index (χ3v) is 3.90. The number of methoxy groups -OCH3 is 1. The van der Waals surface area contributed by atoms with Gasteiger partial charge in [0.05, 0.1) is 16.1 Å². The fraction of sp³-hybridized carbons (Fsp3) is 0.250. The van der Waals surface area contributed by atoms with Gasteiger partial charge in [-0.05, 0) is 23.3 Å². The summed E-state index contributed by atoms with van der Waals surface area (Å²) in [6.45, 7) is 0. The standard InChI is InChI=1S/C16H16Cl2O2/c1-20-16(12-5-3-2-4-6-12)15(19)10-11-7-8-13(17)14(18)9-11/h2-9,15-16,19H,10H2,1H3. The van der Waals surface area contributed by atoms with Crippen molar-refractivity contribution in [2.45, 2.75) is 18.6 Å². The van der Waals surface area contributed by atoms with E-state index in [2.05, 4.69) is 0 Å². The molecule has 0 aliphatic heterocycles. The van der Waals surface area contributed by atoms with Gasteiger partial charge in [0.2, 0.25) is 0 Å². The van der Waals surface area contributed by atoms with Crippen molar-refractivity contribution in [3.05, 3.63) is 69.7 Å². The second kappa shape index (κ2) is 7.09. The van der Waals surface area contributed by atoms with Crippen LogP contribution in [0.25, 0.3) is 0 Å². The molecular weight excluding hydrogens is 295 g/mol. The number of hydrogen-bond acceptors (Lipinski definition) is 2. The largest absolute Gasteiger partial charge is 0.390 e. The lowest BCUT2D eigenvalue weighted by molar-refractivity contribution is -0.0128. The SMILES string of the molecule is COC(c1ccccc1)C(O)Cc1ccc(Cl)c(Cl)c1. The van der Waals surface area contributed by atoms with Crippen LogP contribution in [0.15, 0.2) is 48.5 Å². The Morgan fingerprint density at radius 2 is 1.75 bits per heavy atom. The molecule has 0 radical (unpaired) electrons. The van der Waals surface area contributed by atoms with Crippen molar-refractivity contribution in [2.24, 2.45) is 0 Å². The molecule has 2 rings (SSSR count). The Morgan fingerprint density at radius 1 is 1.05 bits per heavy atom. The average molecular weight is 311 g/mol. The molecule has 2 atom stereocenters. The van der Waals surface area contributed by atoms with Crippen molar-refractivity contribution < 1.29 is 9.84 Å². The lowest BCUT2D eigenvalue weighted by atomic mass is 9.98. The molecule has 0 aromatic heterocycles. The lowest BCUT2D eigenvalue weighted by Crippen LogP contribution is -2.22. The molecule has 106 valence electrons. The van der Waals surface area contributed by atoms with Gasteiger partial charge in [-0.3, -0.25) is 0 Å². The first-order valence-electron chi connectivity index (χ1n) is 6.31. The molecule has 0 bridgehead atoms. The number of halogens is 2. The molecule has 2 aromatic rings. The van der Waals surface area contributed by atoms with Crippen LogP contribution in [-0.2, 0) is 11.2 Å². The fourth-order valence-corrected chi connectivity index (χ4v) is 2.49. The van der Waals surface area contributed by atoms with Gasteiger partial charge in [-0.2, -0.15) is 0 Å². The highest BCUT2D eigenvalue weighted by Gasteiger charge is 2.21. The Hall–Kier alpha value is -1.06. The molecule has 0 saturated heterocycles. The van der Waals surface area contributed by atoms with Crippen molar-refractivity contribution in [3.8, 4) is 0 Å². The van der Waals surface area contributed by atoms with E-state index in [0.717, 1.165) is 11.1 Å². The Balaban J connectivity index is 2.13. The van der Waals surface area contributed by atoms with Crippen molar-refractivity contribution in [2.75, 3.05) is 7.11 Å². The molecule has 0 amide bonds. The number of aliphatic hydroxyl groups is 1. The van der Waals surface area contributed by atoms with Crippen LogP contribution in [0.5, 0.6) is 0 Å². The first-order valence-corrected chi connectivity index (χ1v) is 7.07. The maximum absolute atomic E-state index is 10.4. The van der Waals surface area contributed by atoms with Crippen molar-refractivity contribution in [1.29, 1.82) is 0 Å². The molecular formula is C16H16Cl2O2. The zero-order valence-electron chi connectivity index (χ0n) is 11.1. The zero-order chi connectivity index (χ0) is 14.5. The van der Waals surface area contributed by atoms with Crippen LogP contribution in [0.2, 0.25) is 10.0 Å². The number of ether oxygens (including phenoxy) is 1. The number of benzene rings is 2. The average Bonchev–Trinajstić information content (AvgIpc) is 2.45. The molecule has 2 unspecified atom stereocenters. The minimum atomic E-state index is -0.653. The van der Waals surface area contributed by atoms with Crippen molar-refractivity contribution in [3.63, 3.8) is 0 Å². The summed E-state index contributed by atoms with van der Waals surface area (Å²) in [6.07, 6.45) is -0.574. The van der Waals surface area contributed by atoms with Gasteiger partial charge >= 0.3 is 0 Å². The van der Waals surface area contributed by atoms with E-state index >= 15 is 0 Å². The van der Waals surface area contributed by atoms with Gasteiger partial charge in [0.25, 0.3) is 0 Å². The van der Waals surface area contributed by atoms with Crippen LogP contribution in [0, 0.1) is 0 Å². The number of rotatable bonds is 5. The molecule has 0 aliphatic carbocycles. The minimum Gasteiger partial charge on any atom is -0.390 e. The Bertz CT molecular complexity index is 558. The van der Waals surface area contributed by atoms with Gasteiger partial charge in [0.1, 0.15) is 6.10 Å². The molecule has 0 fully saturated rings. The summed E-state index contributed by atoms with van der Waals surface area (Å²) in [4.78, 5) is 0. The first-order chi connectivity index (χ1) is 9.61. The molecule has 4 heteroatoms. The summed E-state index contributed by atoms with van der Waals surface area (Å²) in [5, 5.41) is 11.4. The maximum Gasteiger partial charge on any atom is 0.108 e. The normalized spacial score (nSPS) is 14.0. The fourth-order valence-electron chi connectivity index (χ4n) is 2.17. The molecule has 2 nitrogen and oxygen atoms in total. The third kappa shape index (κ3) is 3.74. The van der Waals surface area contributed by atoms with E-state index in [0.29, 0.717) is 16.5 Å². The van der Waals surface area contributed by atoms with Gasteiger partial charge in [-0.1, -0.05) is 59.6 Å². The van der Waals surface area contributed by atoms with Crippen molar-refractivity contribution in [1.82, 2.24) is 0 Å². The second-order valence-corrected chi connectivity index (χ2v) is 5.40. The molecule has 2 aromatic carbocycles. The third-order valence-electron chi connectivity index (χ3n) is 3.16. The van der Waals surface area contributed by atoms with E-state index in [1.165, 1.54) is 0 Å².